The highest BCUT2D eigenvalue weighted by atomic mass is 35.5. The summed E-state index contributed by atoms with van der Waals surface area (Å²) in [6.45, 7) is 5.87. The van der Waals surface area contributed by atoms with Gasteiger partial charge in [0.1, 0.15) is 0 Å². The largest absolute Gasteiger partial charge is 0.304 e. The number of hydrogen-bond acceptors (Lipinski definition) is 2. The van der Waals surface area contributed by atoms with Crippen LogP contribution < -0.4 is 0 Å². The first-order valence-electron chi connectivity index (χ1n) is 12.7. The second kappa shape index (κ2) is 10.3. The van der Waals surface area contributed by atoms with E-state index in [1.807, 2.05) is 0 Å². The van der Waals surface area contributed by atoms with Gasteiger partial charge in [-0.1, -0.05) is 54.6 Å². The molecule has 0 N–H and O–H groups in total. The van der Waals surface area contributed by atoms with Gasteiger partial charge in [-0.2, -0.15) is 0 Å². The molecule has 33 heavy (non-hydrogen) atoms. The molecule has 0 amide bonds. The molecule has 4 bridgehead atoms. The van der Waals surface area contributed by atoms with Crippen LogP contribution in [0.15, 0.2) is 54.6 Å². The molecule has 1 aliphatic heterocycles. The van der Waals surface area contributed by atoms with Crippen LogP contribution in [-0.4, -0.2) is 43.0 Å². The van der Waals surface area contributed by atoms with E-state index >= 15 is 0 Å². The Morgan fingerprint density at radius 3 is 1.79 bits per heavy atom. The van der Waals surface area contributed by atoms with Crippen molar-refractivity contribution in [2.24, 2.45) is 23.2 Å². The average molecular weight is 488 g/mol. The van der Waals surface area contributed by atoms with Crippen LogP contribution in [0.5, 0.6) is 0 Å². The van der Waals surface area contributed by atoms with Crippen LogP contribution in [0, 0.1) is 23.2 Å². The zero-order chi connectivity index (χ0) is 20.8. The highest BCUT2D eigenvalue weighted by molar-refractivity contribution is 5.85. The number of hydrogen-bond donors (Lipinski definition) is 0. The topological polar surface area (TPSA) is 6.48 Å². The van der Waals surface area contributed by atoms with E-state index in [-0.39, 0.29) is 24.8 Å². The SMILES string of the molecule is CN1CCN(Cc2ccc(C(c3ccccc3)C34CC5CC(CC(C5)C3)C4)cc2)CC1.Cl.Cl. The van der Waals surface area contributed by atoms with Crippen molar-refractivity contribution in [3.8, 4) is 0 Å². The van der Waals surface area contributed by atoms with E-state index in [0.717, 1.165) is 24.3 Å². The third kappa shape index (κ3) is 5.01. The molecule has 1 saturated heterocycles. The third-order valence-electron chi connectivity index (χ3n) is 9.15. The standard InChI is InChI=1S/C29H38N2.2ClH/c1-30-11-13-31(14-12-30)21-22-7-9-27(10-8-22)28(26-5-3-2-4-6-26)29-18-23-15-24(19-29)17-25(16-23)20-29;;/h2-10,23-25,28H,11-21H2,1H3;2*1H. The molecule has 1 heterocycles. The third-order valence-corrected chi connectivity index (χ3v) is 9.15. The summed E-state index contributed by atoms with van der Waals surface area (Å²) in [6, 6.07) is 21.3. The normalized spacial score (nSPS) is 32.1. The number of rotatable bonds is 5. The van der Waals surface area contributed by atoms with Crippen LogP contribution in [0.1, 0.15) is 61.1 Å². The Labute approximate surface area is 212 Å². The van der Waals surface area contributed by atoms with Gasteiger partial charge in [-0.25, -0.2) is 0 Å². The maximum Gasteiger partial charge on any atom is 0.0234 e. The molecular formula is C29H40Cl2N2. The van der Waals surface area contributed by atoms with Gasteiger partial charge in [-0.3, -0.25) is 4.90 Å². The van der Waals surface area contributed by atoms with Gasteiger partial charge in [0.2, 0.25) is 0 Å². The second-order valence-corrected chi connectivity index (χ2v) is 11.4. The number of piperazine rings is 1. The number of halogens is 2. The van der Waals surface area contributed by atoms with Crippen molar-refractivity contribution in [2.45, 2.75) is 51.0 Å². The first-order chi connectivity index (χ1) is 15.2. The van der Waals surface area contributed by atoms with E-state index < -0.39 is 0 Å². The van der Waals surface area contributed by atoms with E-state index in [4.69, 9.17) is 0 Å². The van der Waals surface area contributed by atoms with E-state index in [1.54, 1.807) is 11.1 Å². The minimum absolute atomic E-state index is 0. The van der Waals surface area contributed by atoms with Crippen LogP contribution in [0.4, 0.5) is 0 Å². The maximum atomic E-state index is 2.61. The van der Waals surface area contributed by atoms with Gasteiger partial charge in [0.25, 0.3) is 0 Å². The first kappa shape index (κ1) is 25.0. The van der Waals surface area contributed by atoms with E-state index in [9.17, 15) is 0 Å². The Morgan fingerprint density at radius 1 is 0.727 bits per heavy atom. The van der Waals surface area contributed by atoms with E-state index in [2.05, 4.69) is 71.4 Å². The monoisotopic (exact) mass is 486 g/mol. The molecule has 7 rings (SSSR count). The lowest BCUT2D eigenvalue weighted by Gasteiger charge is -2.60. The summed E-state index contributed by atoms with van der Waals surface area (Å²) >= 11 is 0. The molecular weight excluding hydrogens is 447 g/mol. The second-order valence-electron chi connectivity index (χ2n) is 11.4. The molecule has 5 fully saturated rings. The van der Waals surface area contributed by atoms with Crippen molar-refractivity contribution in [3.63, 3.8) is 0 Å². The number of nitrogens with zero attached hydrogens (tertiary/aromatic N) is 2. The molecule has 5 aliphatic rings. The van der Waals surface area contributed by atoms with Crippen molar-refractivity contribution in [3.05, 3.63) is 71.3 Å². The summed E-state index contributed by atoms with van der Waals surface area (Å²) in [5.74, 6) is 3.55. The molecule has 2 nitrogen and oxygen atoms in total. The van der Waals surface area contributed by atoms with Crippen LogP contribution in [0.3, 0.4) is 0 Å². The van der Waals surface area contributed by atoms with E-state index in [0.29, 0.717) is 11.3 Å². The fourth-order valence-electron chi connectivity index (χ4n) is 8.16. The summed E-state index contributed by atoms with van der Waals surface area (Å²) in [4.78, 5) is 5.05. The molecule has 0 aromatic heterocycles. The molecule has 4 aliphatic carbocycles. The molecule has 4 saturated carbocycles. The van der Waals surface area contributed by atoms with Crippen molar-refractivity contribution in [1.29, 1.82) is 0 Å². The lowest BCUT2D eigenvalue weighted by atomic mass is 9.45. The van der Waals surface area contributed by atoms with E-state index in [1.165, 1.54) is 70.3 Å². The summed E-state index contributed by atoms with van der Waals surface area (Å²) in [7, 11) is 2.24. The molecule has 1 unspecified atom stereocenters. The minimum atomic E-state index is 0. The summed E-state index contributed by atoms with van der Waals surface area (Å²) in [5, 5.41) is 0. The Balaban J connectivity index is 0.00000130. The molecule has 0 radical (unpaired) electrons. The first-order valence-corrected chi connectivity index (χ1v) is 12.7. The predicted molar refractivity (Wildman–Crippen MR) is 143 cm³/mol. The van der Waals surface area contributed by atoms with Gasteiger partial charge >= 0.3 is 0 Å². The van der Waals surface area contributed by atoms with Gasteiger partial charge < -0.3 is 4.90 Å². The van der Waals surface area contributed by atoms with Crippen LogP contribution in [0.25, 0.3) is 0 Å². The maximum absolute atomic E-state index is 2.61. The number of likely N-dealkylation sites (N-methyl/N-ethyl adjacent to an activating group) is 1. The Bertz CT molecular complexity index is 854. The quantitative estimate of drug-likeness (QED) is 0.467. The van der Waals surface area contributed by atoms with Gasteiger partial charge in [0.15, 0.2) is 0 Å². The Hall–Kier alpha value is -1.06. The summed E-state index contributed by atoms with van der Waals surface area (Å²) in [5.41, 5.74) is 5.09. The summed E-state index contributed by atoms with van der Waals surface area (Å²) < 4.78 is 0. The lowest BCUT2D eigenvalue weighted by Crippen LogP contribution is -2.49. The zero-order valence-corrected chi connectivity index (χ0v) is 21.6. The van der Waals surface area contributed by atoms with Gasteiger partial charge in [0.05, 0.1) is 0 Å². The fraction of sp³-hybridized carbons (Fsp3) is 0.586. The predicted octanol–water partition coefficient (Wildman–Crippen LogP) is 6.63. The molecule has 2 aromatic rings. The average Bonchev–Trinajstić information content (AvgIpc) is 2.76. The van der Waals surface area contributed by atoms with Gasteiger partial charge in [-0.15, -0.1) is 24.8 Å². The smallest absolute Gasteiger partial charge is 0.0234 e. The molecule has 2 aromatic carbocycles. The van der Waals surface area contributed by atoms with Crippen LogP contribution in [0.2, 0.25) is 0 Å². The molecule has 4 heteroatoms. The van der Waals surface area contributed by atoms with Crippen molar-refractivity contribution in [1.82, 2.24) is 9.80 Å². The van der Waals surface area contributed by atoms with Gasteiger partial charge in [-0.05, 0) is 85.4 Å². The highest BCUT2D eigenvalue weighted by Crippen LogP contribution is 2.65. The van der Waals surface area contributed by atoms with Crippen molar-refractivity contribution < 1.29 is 0 Å². The Morgan fingerprint density at radius 2 is 1.24 bits per heavy atom. The molecule has 0 spiro atoms. The minimum Gasteiger partial charge on any atom is -0.304 e. The fourth-order valence-corrected chi connectivity index (χ4v) is 8.16. The Kier molecular flexibility index (Phi) is 7.80. The molecule has 1 atom stereocenters. The zero-order valence-electron chi connectivity index (χ0n) is 20.0. The lowest BCUT2D eigenvalue weighted by molar-refractivity contribution is -0.0618. The van der Waals surface area contributed by atoms with Crippen LogP contribution >= 0.6 is 24.8 Å². The summed E-state index contributed by atoms with van der Waals surface area (Å²) in [6.07, 6.45) is 8.94. The number of benzene rings is 2. The highest BCUT2D eigenvalue weighted by Gasteiger charge is 2.54. The van der Waals surface area contributed by atoms with Gasteiger partial charge in [0, 0.05) is 38.6 Å². The van der Waals surface area contributed by atoms with Crippen molar-refractivity contribution in [2.75, 3.05) is 33.2 Å². The molecule has 180 valence electrons. The van der Waals surface area contributed by atoms with Crippen LogP contribution in [-0.2, 0) is 6.54 Å². The van der Waals surface area contributed by atoms with Crippen molar-refractivity contribution >= 4 is 24.8 Å².